The second kappa shape index (κ2) is 9.87. The molecule has 176 valence electrons. The van der Waals surface area contributed by atoms with E-state index in [9.17, 15) is 19.2 Å². The van der Waals surface area contributed by atoms with Crippen LogP contribution in [0, 0.1) is 0 Å². The van der Waals surface area contributed by atoms with Gasteiger partial charge in [0.25, 0.3) is 5.56 Å². The summed E-state index contributed by atoms with van der Waals surface area (Å²) in [6.07, 6.45) is 2.47. The molecular formula is C24H21Cl2N3O5. The fourth-order valence-corrected chi connectivity index (χ4v) is 4.21. The van der Waals surface area contributed by atoms with Gasteiger partial charge in [0.2, 0.25) is 5.91 Å². The van der Waals surface area contributed by atoms with Crippen molar-refractivity contribution in [2.75, 3.05) is 18.1 Å². The monoisotopic (exact) mass is 501 g/mol. The van der Waals surface area contributed by atoms with Gasteiger partial charge >= 0.3 is 11.7 Å². The first kappa shape index (κ1) is 23.8. The molecule has 0 radical (unpaired) electrons. The van der Waals surface area contributed by atoms with Crippen LogP contribution in [0.4, 0.5) is 5.69 Å². The predicted molar refractivity (Wildman–Crippen MR) is 129 cm³/mol. The molecule has 1 saturated heterocycles. The molecule has 4 rings (SSSR count). The second-order valence-corrected chi connectivity index (χ2v) is 8.47. The van der Waals surface area contributed by atoms with Crippen molar-refractivity contribution >= 4 is 40.8 Å². The standard InChI is InChI=1S/C24H21Cl2N3O5/c1-2-34-23(32)18-14-28(17-10-8-16(9-11-17)27-12-4-7-20(27)30)24(33)29(22(18)31)13-15-5-3-6-19(25)21(15)26/h3,5-6,8-11,14H,2,4,7,12-13H2,1H3. The molecule has 1 fully saturated rings. The summed E-state index contributed by atoms with van der Waals surface area (Å²) >= 11 is 12.4. The van der Waals surface area contributed by atoms with Crippen LogP contribution in [0.5, 0.6) is 0 Å². The number of hydrogen-bond donors (Lipinski definition) is 0. The number of carbonyl (C=O) groups is 2. The van der Waals surface area contributed by atoms with Crippen molar-refractivity contribution in [3.8, 4) is 5.69 Å². The molecule has 0 atom stereocenters. The van der Waals surface area contributed by atoms with Crippen LogP contribution in [0.1, 0.15) is 35.7 Å². The van der Waals surface area contributed by atoms with Gasteiger partial charge in [-0.15, -0.1) is 0 Å². The van der Waals surface area contributed by atoms with Crippen LogP contribution in [0.2, 0.25) is 10.0 Å². The fraction of sp³-hybridized carbons (Fsp3) is 0.250. The summed E-state index contributed by atoms with van der Waals surface area (Å²) in [6.45, 7) is 2.13. The Bertz CT molecular complexity index is 1380. The first-order valence-corrected chi connectivity index (χ1v) is 11.4. The van der Waals surface area contributed by atoms with Crippen LogP contribution >= 0.6 is 23.2 Å². The summed E-state index contributed by atoms with van der Waals surface area (Å²) in [6, 6.07) is 11.6. The Hall–Kier alpha value is -3.36. The van der Waals surface area contributed by atoms with Crippen LogP contribution in [0.25, 0.3) is 5.69 Å². The zero-order valence-electron chi connectivity index (χ0n) is 18.3. The van der Waals surface area contributed by atoms with E-state index in [1.54, 1.807) is 54.3 Å². The number of ether oxygens (including phenoxy) is 1. The van der Waals surface area contributed by atoms with Gasteiger partial charge in [-0.05, 0) is 49.2 Å². The SMILES string of the molecule is CCOC(=O)c1cn(-c2ccc(N3CCCC3=O)cc2)c(=O)n(Cc2cccc(Cl)c2Cl)c1=O. The summed E-state index contributed by atoms with van der Waals surface area (Å²) in [5, 5.41) is 0.490. The van der Waals surface area contributed by atoms with Crippen LogP contribution in [0.15, 0.2) is 58.3 Å². The minimum absolute atomic E-state index is 0.0430. The Morgan fingerprint density at radius 2 is 1.74 bits per heavy atom. The Labute approximate surface area is 204 Å². The van der Waals surface area contributed by atoms with E-state index in [2.05, 4.69) is 0 Å². The molecule has 0 unspecified atom stereocenters. The molecule has 1 aliphatic rings. The summed E-state index contributed by atoms with van der Waals surface area (Å²) in [5.74, 6) is -0.798. The molecule has 0 spiro atoms. The van der Waals surface area contributed by atoms with Crippen molar-refractivity contribution in [2.24, 2.45) is 0 Å². The van der Waals surface area contributed by atoms with Gasteiger partial charge in [0.1, 0.15) is 5.56 Å². The molecule has 8 nitrogen and oxygen atoms in total. The van der Waals surface area contributed by atoms with E-state index in [-0.39, 0.29) is 34.7 Å². The van der Waals surface area contributed by atoms with E-state index >= 15 is 0 Å². The number of hydrogen-bond acceptors (Lipinski definition) is 5. The summed E-state index contributed by atoms with van der Waals surface area (Å²) < 4.78 is 7.14. The van der Waals surface area contributed by atoms with Gasteiger partial charge in [0, 0.05) is 24.8 Å². The quantitative estimate of drug-likeness (QED) is 0.480. The van der Waals surface area contributed by atoms with Crippen LogP contribution in [-0.4, -0.2) is 34.2 Å². The van der Waals surface area contributed by atoms with Crippen LogP contribution in [-0.2, 0) is 16.1 Å². The highest BCUT2D eigenvalue weighted by Gasteiger charge is 2.23. The van der Waals surface area contributed by atoms with E-state index in [0.717, 1.165) is 11.0 Å². The number of halogens is 2. The fourth-order valence-electron chi connectivity index (χ4n) is 3.83. The van der Waals surface area contributed by atoms with Crippen LogP contribution in [0.3, 0.4) is 0 Å². The minimum Gasteiger partial charge on any atom is -0.462 e. The van der Waals surface area contributed by atoms with E-state index in [4.69, 9.17) is 27.9 Å². The zero-order valence-corrected chi connectivity index (χ0v) is 19.8. The number of nitrogens with zero attached hydrogens (tertiary/aromatic N) is 3. The summed E-state index contributed by atoms with van der Waals surface area (Å²) in [7, 11) is 0. The first-order chi connectivity index (χ1) is 16.3. The third-order valence-electron chi connectivity index (χ3n) is 5.54. The summed E-state index contributed by atoms with van der Waals surface area (Å²) in [5.41, 5.74) is -0.183. The topological polar surface area (TPSA) is 90.6 Å². The van der Waals surface area contributed by atoms with Crippen molar-refractivity contribution in [3.05, 3.63) is 90.7 Å². The zero-order chi connectivity index (χ0) is 24.4. The van der Waals surface area contributed by atoms with Gasteiger partial charge in [0.15, 0.2) is 0 Å². The highest BCUT2D eigenvalue weighted by molar-refractivity contribution is 6.42. The molecule has 34 heavy (non-hydrogen) atoms. The van der Waals surface area contributed by atoms with Gasteiger partial charge in [-0.3, -0.25) is 18.7 Å². The normalized spacial score (nSPS) is 13.4. The predicted octanol–water partition coefficient (Wildman–Crippen LogP) is 3.66. The van der Waals surface area contributed by atoms with Gasteiger partial charge in [-0.1, -0.05) is 35.3 Å². The first-order valence-electron chi connectivity index (χ1n) is 10.7. The molecule has 0 bridgehead atoms. The lowest BCUT2D eigenvalue weighted by molar-refractivity contribution is -0.117. The molecule has 1 amide bonds. The van der Waals surface area contributed by atoms with Gasteiger partial charge in [-0.2, -0.15) is 0 Å². The Morgan fingerprint density at radius 1 is 1.03 bits per heavy atom. The van der Waals surface area contributed by atoms with E-state index in [1.807, 2.05) is 0 Å². The van der Waals surface area contributed by atoms with Crippen LogP contribution < -0.4 is 16.1 Å². The van der Waals surface area contributed by atoms with E-state index in [1.165, 1.54) is 10.8 Å². The number of carbonyl (C=O) groups excluding carboxylic acids is 2. The van der Waals surface area contributed by atoms with Gasteiger partial charge in [0.05, 0.1) is 28.9 Å². The highest BCUT2D eigenvalue weighted by atomic mass is 35.5. The number of anilines is 1. The van der Waals surface area contributed by atoms with Crippen molar-refractivity contribution in [1.82, 2.24) is 9.13 Å². The summed E-state index contributed by atoms with van der Waals surface area (Å²) in [4.78, 5) is 52.7. The smallest absolute Gasteiger partial charge is 0.345 e. The van der Waals surface area contributed by atoms with E-state index in [0.29, 0.717) is 29.9 Å². The average molecular weight is 502 g/mol. The maximum absolute atomic E-state index is 13.3. The van der Waals surface area contributed by atoms with Gasteiger partial charge in [-0.25, -0.2) is 9.59 Å². The molecule has 10 heteroatoms. The lowest BCUT2D eigenvalue weighted by Gasteiger charge is -2.17. The Kier molecular flexibility index (Phi) is 6.90. The van der Waals surface area contributed by atoms with Crippen molar-refractivity contribution in [1.29, 1.82) is 0 Å². The molecule has 1 aliphatic heterocycles. The van der Waals surface area contributed by atoms with Crippen molar-refractivity contribution in [2.45, 2.75) is 26.3 Å². The third-order valence-corrected chi connectivity index (χ3v) is 6.40. The molecule has 2 aromatic carbocycles. The molecule has 1 aromatic heterocycles. The lowest BCUT2D eigenvalue weighted by atomic mass is 10.2. The number of aromatic nitrogens is 2. The largest absolute Gasteiger partial charge is 0.462 e. The van der Waals surface area contributed by atoms with Gasteiger partial charge < -0.3 is 9.64 Å². The maximum Gasteiger partial charge on any atom is 0.345 e. The number of amides is 1. The Morgan fingerprint density at radius 3 is 2.38 bits per heavy atom. The number of benzene rings is 2. The molecule has 3 aromatic rings. The van der Waals surface area contributed by atoms with Crippen molar-refractivity contribution in [3.63, 3.8) is 0 Å². The number of esters is 1. The maximum atomic E-state index is 13.3. The third kappa shape index (κ3) is 4.51. The minimum atomic E-state index is -0.841. The molecular weight excluding hydrogens is 481 g/mol. The molecule has 2 heterocycles. The molecule has 0 aliphatic carbocycles. The molecule has 0 saturated carbocycles. The lowest BCUT2D eigenvalue weighted by Crippen LogP contribution is -2.42. The van der Waals surface area contributed by atoms with E-state index < -0.39 is 17.2 Å². The Balaban J connectivity index is 1.83. The number of rotatable bonds is 6. The second-order valence-electron chi connectivity index (χ2n) is 7.69. The molecule has 0 N–H and O–H groups in total. The average Bonchev–Trinajstić information content (AvgIpc) is 3.25. The van der Waals surface area contributed by atoms with Crippen molar-refractivity contribution < 1.29 is 14.3 Å². The highest BCUT2D eigenvalue weighted by Crippen LogP contribution is 2.26.